The highest BCUT2D eigenvalue weighted by Gasteiger charge is 2.26. The van der Waals surface area contributed by atoms with Crippen molar-refractivity contribution in [2.45, 2.75) is 17.7 Å². The summed E-state index contributed by atoms with van der Waals surface area (Å²) in [5.74, 6) is -2.22. The van der Waals surface area contributed by atoms with E-state index in [2.05, 4.69) is 0 Å². The molecule has 0 aliphatic rings. The molecule has 0 radical (unpaired) electrons. The molecule has 0 heterocycles. The Morgan fingerprint density at radius 3 is 2.25 bits per heavy atom. The van der Waals surface area contributed by atoms with Crippen molar-refractivity contribution in [2.75, 3.05) is 0 Å². The standard InChI is InChI=1S/C5H8INO4S/c6-12-2(1-3(8)9)4(7)5(10)11/h2,4H,1,7H2,(H,8,9)(H,10,11). The molecule has 0 aliphatic heterocycles. The molecule has 7 heteroatoms. The predicted molar refractivity (Wildman–Crippen MR) is 53.3 cm³/mol. The van der Waals surface area contributed by atoms with E-state index in [4.69, 9.17) is 15.9 Å². The quantitative estimate of drug-likeness (QED) is 0.633. The molecular weight excluding hydrogens is 297 g/mol. The Bertz CT molecular complexity index is 188. The molecule has 2 unspecified atom stereocenters. The molecule has 0 spiro atoms. The van der Waals surface area contributed by atoms with Crippen molar-refractivity contribution in [1.82, 2.24) is 0 Å². The summed E-state index contributed by atoms with van der Waals surface area (Å²) in [4.78, 5) is 20.6. The van der Waals surface area contributed by atoms with E-state index in [1.54, 1.807) is 0 Å². The summed E-state index contributed by atoms with van der Waals surface area (Å²) in [7, 11) is 1.12. The average molecular weight is 305 g/mol. The normalized spacial score (nSPS) is 15.2. The third-order valence-corrected chi connectivity index (χ3v) is 3.82. The Balaban J connectivity index is 4.14. The van der Waals surface area contributed by atoms with Crippen LogP contribution in [0.15, 0.2) is 0 Å². The summed E-state index contributed by atoms with van der Waals surface area (Å²) in [6.07, 6.45) is -0.235. The van der Waals surface area contributed by atoms with Crippen LogP contribution < -0.4 is 5.73 Å². The minimum atomic E-state index is -1.18. The average Bonchev–Trinajstić information content (AvgIpc) is 1.98. The van der Waals surface area contributed by atoms with E-state index in [0.29, 0.717) is 0 Å². The maximum atomic E-state index is 10.3. The minimum Gasteiger partial charge on any atom is -0.481 e. The maximum absolute atomic E-state index is 10.3. The summed E-state index contributed by atoms with van der Waals surface area (Å²) < 4.78 is 0. The summed E-state index contributed by atoms with van der Waals surface area (Å²) in [5, 5.41) is 16.3. The second-order valence-corrected chi connectivity index (χ2v) is 4.40. The van der Waals surface area contributed by atoms with Crippen molar-refractivity contribution in [3.63, 3.8) is 0 Å². The zero-order chi connectivity index (χ0) is 9.72. The van der Waals surface area contributed by atoms with Crippen LogP contribution in [0.2, 0.25) is 0 Å². The Kier molecular flexibility index (Phi) is 5.59. The summed E-state index contributed by atoms with van der Waals surface area (Å²) in [6.45, 7) is 0. The summed E-state index contributed by atoms with van der Waals surface area (Å²) in [5.41, 5.74) is 5.23. The largest absolute Gasteiger partial charge is 0.481 e. The van der Waals surface area contributed by atoms with E-state index in [1.165, 1.54) is 0 Å². The number of carbonyl (C=O) groups is 2. The van der Waals surface area contributed by atoms with E-state index in [-0.39, 0.29) is 6.42 Å². The van der Waals surface area contributed by atoms with Gasteiger partial charge in [0.05, 0.1) is 11.7 Å². The van der Waals surface area contributed by atoms with Crippen molar-refractivity contribution >= 4 is 42.1 Å². The zero-order valence-corrected chi connectivity index (χ0v) is 8.91. The Hall–Kier alpha value is -0.0200. The number of nitrogens with two attached hydrogens (primary N) is 1. The second kappa shape index (κ2) is 5.60. The van der Waals surface area contributed by atoms with Crippen LogP contribution in [0.1, 0.15) is 6.42 Å². The van der Waals surface area contributed by atoms with Gasteiger partial charge in [-0.05, 0) is 21.2 Å². The number of rotatable bonds is 5. The van der Waals surface area contributed by atoms with Gasteiger partial charge in [0.25, 0.3) is 0 Å². The van der Waals surface area contributed by atoms with Crippen molar-refractivity contribution in [1.29, 1.82) is 0 Å². The molecule has 0 aromatic carbocycles. The first-order valence-corrected chi connectivity index (χ1v) is 6.39. The lowest BCUT2D eigenvalue weighted by Crippen LogP contribution is -2.40. The first-order chi connectivity index (χ1) is 5.49. The molecule has 4 N–H and O–H groups in total. The number of carboxylic acids is 2. The predicted octanol–water partition coefficient (Wildman–Crippen LogP) is 0.325. The van der Waals surface area contributed by atoms with Crippen LogP contribution >= 0.6 is 30.1 Å². The Labute approximate surface area is 85.3 Å². The molecule has 0 saturated heterocycles. The van der Waals surface area contributed by atoms with Crippen LogP contribution in [-0.4, -0.2) is 33.4 Å². The summed E-state index contributed by atoms with van der Waals surface area (Å²) in [6, 6.07) is -1.12. The molecule has 70 valence electrons. The van der Waals surface area contributed by atoms with Crippen LogP contribution in [0.5, 0.6) is 0 Å². The van der Waals surface area contributed by atoms with E-state index in [1.807, 2.05) is 21.2 Å². The van der Waals surface area contributed by atoms with E-state index < -0.39 is 23.2 Å². The molecule has 0 aromatic heterocycles. The topological polar surface area (TPSA) is 101 Å². The molecule has 0 bridgehead atoms. The van der Waals surface area contributed by atoms with Gasteiger partial charge >= 0.3 is 11.9 Å². The number of hydrogen-bond acceptors (Lipinski definition) is 4. The first kappa shape index (κ1) is 12.0. The number of hydrogen-bond donors (Lipinski definition) is 3. The smallest absolute Gasteiger partial charge is 0.321 e. The van der Waals surface area contributed by atoms with E-state index >= 15 is 0 Å². The van der Waals surface area contributed by atoms with Crippen molar-refractivity contribution in [2.24, 2.45) is 5.73 Å². The highest BCUT2D eigenvalue weighted by molar-refractivity contribution is 14.2. The Morgan fingerprint density at radius 1 is 1.50 bits per heavy atom. The van der Waals surface area contributed by atoms with Crippen LogP contribution in [0, 0.1) is 0 Å². The van der Waals surface area contributed by atoms with Gasteiger partial charge in [0.2, 0.25) is 0 Å². The van der Waals surface area contributed by atoms with Gasteiger partial charge in [0.1, 0.15) is 6.04 Å². The fourth-order valence-electron chi connectivity index (χ4n) is 0.545. The lowest BCUT2D eigenvalue weighted by atomic mass is 10.1. The van der Waals surface area contributed by atoms with Gasteiger partial charge in [-0.1, -0.05) is 8.93 Å². The van der Waals surface area contributed by atoms with Crippen molar-refractivity contribution in [3.05, 3.63) is 0 Å². The minimum absolute atomic E-state index is 0.235. The van der Waals surface area contributed by atoms with Crippen LogP contribution in [0.4, 0.5) is 0 Å². The highest BCUT2D eigenvalue weighted by atomic mass is 127. The Morgan fingerprint density at radius 2 is 2.00 bits per heavy atom. The lowest BCUT2D eigenvalue weighted by Gasteiger charge is -2.14. The summed E-state index contributed by atoms with van der Waals surface area (Å²) >= 11 is 1.84. The molecule has 0 saturated carbocycles. The number of aliphatic carboxylic acids is 2. The van der Waals surface area contributed by atoms with Crippen molar-refractivity contribution < 1.29 is 19.8 Å². The van der Waals surface area contributed by atoms with Gasteiger partial charge < -0.3 is 15.9 Å². The molecule has 0 fully saturated rings. The molecule has 0 rings (SSSR count). The highest BCUT2D eigenvalue weighted by Crippen LogP contribution is 2.24. The number of halogens is 1. The molecule has 5 nitrogen and oxygen atoms in total. The molecule has 0 aliphatic carbocycles. The third-order valence-electron chi connectivity index (χ3n) is 1.18. The fourth-order valence-corrected chi connectivity index (χ4v) is 2.47. The fraction of sp³-hybridized carbons (Fsp3) is 0.600. The molecular formula is C5H8INO4S. The monoisotopic (exact) mass is 305 g/mol. The molecule has 2 atom stereocenters. The third kappa shape index (κ3) is 4.12. The number of carboxylic acid groups (broad SMARTS) is 2. The van der Waals surface area contributed by atoms with E-state index in [0.717, 1.165) is 8.93 Å². The van der Waals surface area contributed by atoms with Crippen LogP contribution in [0.25, 0.3) is 0 Å². The molecule has 12 heavy (non-hydrogen) atoms. The molecule has 0 amide bonds. The first-order valence-electron chi connectivity index (χ1n) is 2.96. The lowest BCUT2D eigenvalue weighted by molar-refractivity contribution is -0.139. The zero-order valence-electron chi connectivity index (χ0n) is 5.94. The van der Waals surface area contributed by atoms with Gasteiger partial charge in [0.15, 0.2) is 0 Å². The van der Waals surface area contributed by atoms with Gasteiger partial charge in [-0.15, -0.1) is 0 Å². The van der Waals surface area contributed by atoms with Crippen molar-refractivity contribution in [3.8, 4) is 0 Å². The second-order valence-electron chi connectivity index (χ2n) is 2.09. The van der Waals surface area contributed by atoms with E-state index in [9.17, 15) is 9.59 Å². The van der Waals surface area contributed by atoms with Gasteiger partial charge in [-0.25, -0.2) is 0 Å². The van der Waals surface area contributed by atoms with Gasteiger partial charge in [0, 0.05) is 0 Å². The van der Waals surface area contributed by atoms with Gasteiger partial charge in [-0.2, -0.15) is 0 Å². The van der Waals surface area contributed by atoms with Crippen LogP contribution in [-0.2, 0) is 9.59 Å². The maximum Gasteiger partial charge on any atom is 0.321 e. The van der Waals surface area contributed by atoms with Gasteiger partial charge in [-0.3, -0.25) is 9.59 Å². The van der Waals surface area contributed by atoms with Crippen LogP contribution in [0.3, 0.4) is 0 Å². The molecule has 0 aromatic rings. The SMILES string of the molecule is NC(C(=O)O)C(CC(=O)O)SI.